The van der Waals surface area contributed by atoms with Crippen LogP contribution in [-0.4, -0.2) is 33.2 Å². The van der Waals surface area contributed by atoms with Gasteiger partial charge in [-0.1, -0.05) is 19.1 Å². The SMILES string of the molecule is CC[C@H](C)NC(=O)CN(c1ccc(C23CC4CC(CC(C4)C2)C3)cc1)S(C)(=O)=O. The second-order valence-corrected chi connectivity index (χ2v) is 11.8. The molecular weight excluding hydrogens is 384 g/mol. The summed E-state index contributed by atoms with van der Waals surface area (Å²) in [6, 6.07) is 8.06. The molecule has 0 unspecified atom stereocenters. The lowest BCUT2D eigenvalue weighted by molar-refractivity contribution is -0.120. The van der Waals surface area contributed by atoms with E-state index in [0.717, 1.165) is 30.4 Å². The molecule has 1 N–H and O–H groups in total. The van der Waals surface area contributed by atoms with Crippen LogP contribution < -0.4 is 9.62 Å². The van der Waals surface area contributed by atoms with Gasteiger partial charge in [-0.05, 0) is 92.7 Å². The average molecular weight is 419 g/mol. The molecule has 160 valence electrons. The number of hydrogen-bond donors (Lipinski definition) is 1. The topological polar surface area (TPSA) is 66.5 Å². The Balaban J connectivity index is 1.54. The molecular formula is C23H34N2O3S. The highest BCUT2D eigenvalue weighted by Crippen LogP contribution is 2.60. The highest BCUT2D eigenvalue weighted by atomic mass is 32.2. The van der Waals surface area contributed by atoms with Crippen LogP contribution in [0.3, 0.4) is 0 Å². The minimum Gasteiger partial charge on any atom is -0.352 e. The van der Waals surface area contributed by atoms with E-state index in [2.05, 4.69) is 17.4 Å². The second kappa shape index (κ2) is 7.60. The summed E-state index contributed by atoms with van der Waals surface area (Å²) in [5, 5.41) is 2.86. The molecule has 0 heterocycles. The maximum absolute atomic E-state index is 12.4. The summed E-state index contributed by atoms with van der Waals surface area (Å²) >= 11 is 0. The summed E-state index contributed by atoms with van der Waals surface area (Å²) in [4.78, 5) is 12.3. The van der Waals surface area contributed by atoms with E-state index in [0.29, 0.717) is 5.69 Å². The van der Waals surface area contributed by atoms with Gasteiger partial charge in [0.05, 0.1) is 11.9 Å². The first-order valence-electron chi connectivity index (χ1n) is 11.1. The molecule has 0 spiro atoms. The van der Waals surface area contributed by atoms with E-state index in [9.17, 15) is 13.2 Å². The van der Waals surface area contributed by atoms with Crippen molar-refractivity contribution in [3.63, 3.8) is 0 Å². The molecule has 0 aromatic heterocycles. The van der Waals surface area contributed by atoms with Gasteiger partial charge in [-0.15, -0.1) is 0 Å². The third kappa shape index (κ3) is 4.18. The van der Waals surface area contributed by atoms with E-state index in [1.165, 1.54) is 48.4 Å². The van der Waals surface area contributed by atoms with Crippen LogP contribution in [0.2, 0.25) is 0 Å². The largest absolute Gasteiger partial charge is 0.352 e. The predicted molar refractivity (Wildman–Crippen MR) is 116 cm³/mol. The van der Waals surface area contributed by atoms with E-state index >= 15 is 0 Å². The van der Waals surface area contributed by atoms with Gasteiger partial charge in [-0.3, -0.25) is 9.10 Å². The summed E-state index contributed by atoms with van der Waals surface area (Å²) in [6.07, 6.45) is 10.0. The molecule has 4 fully saturated rings. The molecule has 5 rings (SSSR count). The van der Waals surface area contributed by atoms with Crippen molar-refractivity contribution in [1.82, 2.24) is 5.32 Å². The van der Waals surface area contributed by atoms with Crippen LogP contribution in [0, 0.1) is 17.8 Å². The summed E-state index contributed by atoms with van der Waals surface area (Å²) in [5.74, 6) is 2.35. The Labute approximate surface area is 175 Å². The Hall–Kier alpha value is -1.56. The molecule has 4 saturated carbocycles. The van der Waals surface area contributed by atoms with Gasteiger partial charge >= 0.3 is 0 Å². The quantitative estimate of drug-likeness (QED) is 0.732. The molecule has 1 atom stereocenters. The zero-order chi connectivity index (χ0) is 20.8. The van der Waals surface area contributed by atoms with Gasteiger partial charge in [0, 0.05) is 6.04 Å². The van der Waals surface area contributed by atoms with Gasteiger partial charge in [0.1, 0.15) is 6.54 Å². The van der Waals surface area contributed by atoms with Crippen LogP contribution >= 0.6 is 0 Å². The number of carbonyl (C=O) groups excluding carboxylic acids is 1. The molecule has 1 aromatic rings. The monoisotopic (exact) mass is 418 g/mol. The first kappa shape index (κ1) is 20.7. The third-order valence-corrected chi connectivity index (χ3v) is 8.65. The van der Waals surface area contributed by atoms with Crippen LogP contribution in [0.4, 0.5) is 5.69 Å². The molecule has 5 nitrogen and oxygen atoms in total. The lowest BCUT2D eigenvalue weighted by atomic mass is 9.48. The Morgan fingerprint density at radius 2 is 1.62 bits per heavy atom. The molecule has 0 saturated heterocycles. The number of rotatable bonds is 7. The zero-order valence-corrected chi connectivity index (χ0v) is 18.7. The fourth-order valence-electron chi connectivity index (χ4n) is 6.40. The molecule has 6 heteroatoms. The van der Waals surface area contributed by atoms with E-state index < -0.39 is 10.0 Å². The Bertz CT molecular complexity index is 827. The van der Waals surface area contributed by atoms with E-state index in [1.54, 1.807) is 0 Å². The first-order chi connectivity index (χ1) is 13.7. The van der Waals surface area contributed by atoms with Crippen LogP contribution in [0.5, 0.6) is 0 Å². The van der Waals surface area contributed by atoms with Gasteiger partial charge in [0.2, 0.25) is 15.9 Å². The van der Waals surface area contributed by atoms with Crippen molar-refractivity contribution in [3.05, 3.63) is 29.8 Å². The second-order valence-electron chi connectivity index (χ2n) is 9.89. The lowest BCUT2D eigenvalue weighted by Gasteiger charge is -2.57. The predicted octanol–water partition coefficient (Wildman–Crippen LogP) is 3.84. The highest BCUT2D eigenvalue weighted by molar-refractivity contribution is 7.92. The molecule has 0 aliphatic heterocycles. The highest BCUT2D eigenvalue weighted by Gasteiger charge is 2.51. The lowest BCUT2D eigenvalue weighted by Crippen LogP contribution is -2.48. The van der Waals surface area contributed by atoms with Crippen LogP contribution in [0.25, 0.3) is 0 Å². The minimum atomic E-state index is -3.54. The van der Waals surface area contributed by atoms with Gasteiger partial charge in [0.15, 0.2) is 0 Å². The molecule has 0 radical (unpaired) electrons. The molecule has 4 aliphatic carbocycles. The molecule has 29 heavy (non-hydrogen) atoms. The Morgan fingerprint density at radius 3 is 2.07 bits per heavy atom. The fourth-order valence-corrected chi connectivity index (χ4v) is 7.25. The van der Waals surface area contributed by atoms with Crippen LogP contribution in [-0.2, 0) is 20.2 Å². The standard InChI is InChI=1S/C23H34N2O3S/c1-4-16(2)24-22(26)15-25(29(3,27)28)21-7-5-20(6-8-21)23-12-17-9-18(13-23)11-19(10-17)14-23/h5-8,16-19H,4,9-15H2,1-3H3,(H,24,26)/t16-,17?,18?,19?,23?/m0/s1. The van der Waals surface area contributed by atoms with Gasteiger partial charge in [-0.25, -0.2) is 8.42 Å². The van der Waals surface area contributed by atoms with Crippen molar-refractivity contribution in [2.75, 3.05) is 17.1 Å². The number of nitrogens with zero attached hydrogens (tertiary/aromatic N) is 1. The Morgan fingerprint density at radius 1 is 1.10 bits per heavy atom. The minimum absolute atomic E-state index is 0.0300. The maximum Gasteiger partial charge on any atom is 0.240 e. The van der Waals surface area contributed by atoms with Gasteiger partial charge in [-0.2, -0.15) is 0 Å². The number of hydrogen-bond acceptors (Lipinski definition) is 3. The summed E-state index contributed by atoms with van der Waals surface area (Å²) in [7, 11) is -3.54. The summed E-state index contributed by atoms with van der Waals surface area (Å²) in [5.41, 5.74) is 2.22. The average Bonchev–Trinajstić information content (AvgIpc) is 2.64. The molecule has 1 amide bonds. The smallest absolute Gasteiger partial charge is 0.240 e. The number of benzene rings is 1. The number of sulfonamides is 1. The summed E-state index contributed by atoms with van der Waals surface area (Å²) < 4.78 is 26.0. The molecule has 4 aliphatic rings. The maximum atomic E-state index is 12.4. The van der Waals surface area contributed by atoms with Crippen LogP contribution in [0.15, 0.2) is 24.3 Å². The van der Waals surface area contributed by atoms with Gasteiger partial charge < -0.3 is 5.32 Å². The Kier molecular flexibility index (Phi) is 5.43. The van der Waals surface area contributed by atoms with E-state index in [1.807, 2.05) is 26.0 Å². The van der Waals surface area contributed by atoms with Crippen LogP contribution in [0.1, 0.15) is 64.4 Å². The first-order valence-corrected chi connectivity index (χ1v) is 12.9. The van der Waals surface area contributed by atoms with Crippen molar-refractivity contribution in [3.8, 4) is 0 Å². The van der Waals surface area contributed by atoms with Crippen molar-refractivity contribution in [1.29, 1.82) is 0 Å². The molecule has 4 bridgehead atoms. The zero-order valence-electron chi connectivity index (χ0n) is 17.9. The van der Waals surface area contributed by atoms with Crippen molar-refractivity contribution < 1.29 is 13.2 Å². The number of carbonyl (C=O) groups is 1. The van der Waals surface area contributed by atoms with Gasteiger partial charge in [0.25, 0.3) is 0 Å². The fraction of sp³-hybridized carbons (Fsp3) is 0.696. The number of anilines is 1. The number of nitrogens with one attached hydrogen (secondary N) is 1. The molecule has 1 aromatic carbocycles. The van der Waals surface area contributed by atoms with E-state index in [-0.39, 0.29) is 23.9 Å². The normalized spacial score (nSPS) is 31.5. The van der Waals surface area contributed by atoms with Crippen molar-refractivity contribution in [2.45, 2.75) is 70.3 Å². The van der Waals surface area contributed by atoms with E-state index in [4.69, 9.17) is 0 Å². The number of amides is 1. The summed E-state index contributed by atoms with van der Waals surface area (Å²) in [6.45, 7) is 3.73. The van der Waals surface area contributed by atoms with Crippen molar-refractivity contribution in [2.24, 2.45) is 17.8 Å². The third-order valence-electron chi connectivity index (χ3n) is 7.51. The van der Waals surface area contributed by atoms with Crippen molar-refractivity contribution >= 4 is 21.6 Å².